The van der Waals surface area contributed by atoms with Gasteiger partial charge >= 0.3 is 0 Å². The second kappa shape index (κ2) is 13.7. The number of aromatic nitrogens is 1. The van der Waals surface area contributed by atoms with E-state index in [0.717, 1.165) is 17.1 Å². The van der Waals surface area contributed by atoms with E-state index < -0.39 is 0 Å². The van der Waals surface area contributed by atoms with Crippen molar-refractivity contribution in [3.05, 3.63) is 229 Å². The van der Waals surface area contributed by atoms with Gasteiger partial charge in [-0.3, -0.25) is 0 Å². The summed E-state index contributed by atoms with van der Waals surface area (Å²) in [6.07, 6.45) is 4.55. The average Bonchev–Trinajstić information content (AvgIpc) is 3.76. The van der Waals surface area contributed by atoms with E-state index in [1.807, 2.05) is 0 Å². The summed E-state index contributed by atoms with van der Waals surface area (Å²) in [5.74, 6) is 0. The summed E-state index contributed by atoms with van der Waals surface area (Å²) in [7, 11) is 0. The Labute approximate surface area is 355 Å². The van der Waals surface area contributed by atoms with Crippen LogP contribution in [0.5, 0.6) is 0 Å². The number of benzene rings is 10. The molecule has 12 rings (SSSR count). The Morgan fingerprint density at radius 2 is 0.967 bits per heavy atom. The van der Waals surface area contributed by atoms with Crippen molar-refractivity contribution in [2.45, 2.75) is 19.3 Å². The lowest BCUT2D eigenvalue weighted by atomic mass is 9.80. The van der Waals surface area contributed by atoms with Crippen molar-refractivity contribution in [3.8, 4) is 16.8 Å². The molecule has 0 atom stereocenters. The van der Waals surface area contributed by atoms with Gasteiger partial charge in [0.25, 0.3) is 0 Å². The van der Waals surface area contributed by atoms with Crippen LogP contribution in [0.3, 0.4) is 0 Å². The number of fused-ring (bicyclic) bond motifs is 4. The van der Waals surface area contributed by atoms with E-state index in [-0.39, 0.29) is 5.41 Å². The Bertz CT molecular complexity index is 3500. The predicted molar refractivity (Wildman–Crippen MR) is 261 cm³/mol. The summed E-state index contributed by atoms with van der Waals surface area (Å²) in [5.41, 5.74) is 14.6. The van der Waals surface area contributed by atoms with Gasteiger partial charge in [0.2, 0.25) is 0 Å². The number of nitrogens with zero attached hydrogens (tertiary/aromatic N) is 2. The van der Waals surface area contributed by atoms with Crippen molar-refractivity contribution < 1.29 is 0 Å². The maximum Gasteiger partial charge on any atom is 0.0541 e. The van der Waals surface area contributed by atoms with Gasteiger partial charge in [-0.15, -0.1) is 0 Å². The van der Waals surface area contributed by atoms with Crippen LogP contribution in [0.25, 0.3) is 83.1 Å². The van der Waals surface area contributed by atoms with E-state index in [1.165, 1.54) is 93.2 Å². The van der Waals surface area contributed by atoms with Crippen LogP contribution in [0.2, 0.25) is 0 Å². The van der Waals surface area contributed by atoms with Crippen LogP contribution in [0.1, 0.15) is 36.1 Å². The zero-order valence-electron chi connectivity index (χ0n) is 34.2. The van der Waals surface area contributed by atoms with Crippen LogP contribution in [0.15, 0.2) is 206 Å². The van der Waals surface area contributed by atoms with E-state index in [1.54, 1.807) is 0 Å². The molecular formula is C59H42N2. The summed E-state index contributed by atoms with van der Waals surface area (Å²) in [6.45, 7) is 4.80. The number of para-hydroxylation sites is 4. The third-order valence-electron chi connectivity index (χ3n) is 13.0. The quantitative estimate of drug-likeness (QED) is 0.116. The van der Waals surface area contributed by atoms with Crippen molar-refractivity contribution in [2.24, 2.45) is 0 Å². The highest BCUT2D eigenvalue weighted by molar-refractivity contribution is 6.17. The molecule has 1 aliphatic rings. The maximum atomic E-state index is 2.47. The van der Waals surface area contributed by atoms with E-state index >= 15 is 0 Å². The van der Waals surface area contributed by atoms with Gasteiger partial charge in [-0.1, -0.05) is 141 Å². The highest BCUT2D eigenvalue weighted by atomic mass is 15.1. The first-order valence-electron chi connectivity index (χ1n) is 21.2. The van der Waals surface area contributed by atoms with Crippen LogP contribution in [-0.2, 0) is 5.41 Å². The second-order valence-electron chi connectivity index (χ2n) is 17.0. The molecule has 0 saturated carbocycles. The molecule has 1 aromatic heterocycles. The van der Waals surface area contributed by atoms with Gasteiger partial charge in [0, 0.05) is 38.9 Å². The van der Waals surface area contributed by atoms with Crippen LogP contribution in [0.4, 0.5) is 17.1 Å². The zero-order valence-corrected chi connectivity index (χ0v) is 34.2. The summed E-state index contributed by atoms with van der Waals surface area (Å²) in [5, 5.41) is 10.4. The number of hydrogen-bond donors (Lipinski definition) is 0. The van der Waals surface area contributed by atoms with Crippen molar-refractivity contribution in [1.29, 1.82) is 0 Å². The Morgan fingerprint density at radius 1 is 0.393 bits per heavy atom. The molecule has 11 aromatic rings. The third kappa shape index (κ3) is 5.71. The normalized spacial score (nSPS) is 13.1. The number of anilines is 3. The molecule has 0 aliphatic heterocycles. The first kappa shape index (κ1) is 35.3. The molecule has 0 fully saturated rings. The highest BCUT2D eigenvalue weighted by Crippen LogP contribution is 2.51. The lowest BCUT2D eigenvalue weighted by Gasteiger charge is -2.25. The van der Waals surface area contributed by atoms with E-state index in [9.17, 15) is 0 Å². The summed E-state index contributed by atoms with van der Waals surface area (Å²) < 4.78 is 2.39. The van der Waals surface area contributed by atoms with Crippen molar-refractivity contribution >= 4 is 83.3 Å². The smallest absolute Gasteiger partial charge is 0.0541 e. The summed E-state index contributed by atoms with van der Waals surface area (Å²) in [4.78, 5) is 2.32. The largest absolute Gasteiger partial charge is 0.310 e. The minimum Gasteiger partial charge on any atom is -0.310 e. The number of rotatable bonds is 7. The van der Waals surface area contributed by atoms with Gasteiger partial charge in [0.1, 0.15) is 0 Å². The standard InChI is InChI=1S/C59H42N2/c1-59(2)53-34-40(23-22-39-24-25-42-36-50(30-28-41(42)32-39)60(47-14-6-3-7-15-47)48-16-8-4-9-17-48)33-44-26-27-45-35-46(38-54(59)58(45)57(44)53)43-29-31-56-52(37-43)51-20-12-13-21-55(51)61(56)49-18-10-5-11-19-49/h3-38H,1-2H3/b23-22+. The van der Waals surface area contributed by atoms with E-state index in [2.05, 4.69) is 242 Å². The molecule has 1 aliphatic carbocycles. The van der Waals surface area contributed by atoms with Gasteiger partial charge in [-0.05, 0) is 157 Å². The molecule has 0 saturated heterocycles. The Kier molecular flexibility index (Phi) is 7.92. The van der Waals surface area contributed by atoms with Gasteiger partial charge < -0.3 is 9.47 Å². The highest BCUT2D eigenvalue weighted by Gasteiger charge is 2.35. The molecular weight excluding hydrogens is 737 g/mol. The fraction of sp³-hybridized carbons (Fsp3) is 0.0508. The Balaban J connectivity index is 0.878. The van der Waals surface area contributed by atoms with Gasteiger partial charge in [0.15, 0.2) is 0 Å². The Hall–Kier alpha value is -7.68. The first-order chi connectivity index (χ1) is 30.0. The predicted octanol–water partition coefficient (Wildman–Crippen LogP) is 16.2. The molecule has 2 nitrogen and oxygen atoms in total. The van der Waals surface area contributed by atoms with Crippen LogP contribution >= 0.6 is 0 Å². The summed E-state index contributed by atoms with van der Waals surface area (Å²) >= 11 is 0. The fourth-order valence-electron chi connectivity index (χ4n) is 10.0. The van der Waals surface area contributed by atoms with E-state index in [4.69, 9.17) is 0 Å². The molecule has 2 heteroatoms. The van der Waals surface area contributed by atoms with E-state index in [0.29, 0.717) is 0 Å². The molecule has 0 amide bonds. The van der Waals surface area contributed by atoms with Crippen LogP contribution in [0, 0.1) is 0 Å². The summed E-state index contributed by atoms with van der Waals surface area (Å²) in [6, 6.07) is 75.5. The minimum absolute atomic E-state index is 0.151. The maximum absolute atomic E-state index is 2.47. The van der Waals surface area contributed by atoms with Crippen molar-refractivity contribution in [2.75, 3.05) is 4.90 Å². The first-order valence-corrected chi connectivity index (χ1v) is 21.2. The molecule has 0 radical (unpaired) electrons. The molecule has 288 valence electrons. The van der Waals surface area contributed by atoms with Crippen molar-refractivity contribution in [1.82, 2.24) is 4.57 Å². The van der Waals surface area contributed by atoms with Gasteiger partial charge in [-0.25, -0.2) is 0 Å². The molecule has 0 spiro atoms. The minimum atomic E-state index is -0.151. The number of hydrogen-bond acceptors (Lipinski definition) is 1. The zero-order chi connectivity index (χ0) is 40.7. The fourth-order valence-corrected chi connectivity index (χ4v) is 10.0. The second-order valence-corrected chi connectivity index (χ2v) is 17.0. The topological polar surface area (TPSA) is 8.17 Å². The van der Waals surface area contributed by atoms with Crippen molar-refractivity contribution in [3.63, 3.8) is 0 Å². The SMILES string of the molecule is CC1(C)c2cc(/C=C/c3ccc4cc(N(c5ccccc5)c5ccccc5)ccc4c3)cc3ccc4cc(-c5ccc6c(c5)c5ccccc5n6-c5ccccc5)cc1c4c23. The van der Waals surface area contributed by atoms with Gasteiger partial charge in [0.05, 0.1) is 11.0 Å². The monoisotopic (exact) mass is 778 g/mol. The van der Waals surface area contributed by atoms with Crippen LogP contribution < -0.4 is 4.90 Å². The van der Waals surface area contributed by atoms with Crippen LogP contribution in [-0.4, -0.2) is 4.57 Å². The third-order valence-corrected chi connectivity index (χ3v) is 13.0. The lowest BCUT2D eigenvalue weighted by molar-refractivity contribution is 0.663. The van der Waals surface area contributed by atoms with Gasteiger partial charge in [-0.2, -0.15) is 0 Å². The molecule has 10 aromatic carbocycles. The molecule has 61 heavy (non-hydrogen) atoms. The average molecular weight is 779 g/mol. The molecule has 0 bridgehead atoms. The lowest BCUT2D eigenvalue weighted by Crippen LogP contribution is -2.15. The molecule has 1 heterocycles. The Morgan fingerprint density at radius 3 is 1.72 bits per heavy atom. The molecule has 0 unspecified atom stereocenters. The molecule has 0 N–H and O–H groups in total.